The van der Waals surface area contributed by atoms with Crippen LogP contribution in [0.4, 0.5) is 17.1 Å². The largest absolute Gasteiger partial charge is 0.495 e. The van der Waals surface area contributed by atoms with Crippen molar-refractivity contribution in [2.45, 2.75) is 25.9 Å². The number of non-ortho nitro benzene ring substituents is 1. The maximum absolute atomic E-state index is 12.1. The first kappa shape index (κ1) is 29.8. The summed E-state index contributed by atoms with van der Waals surface area (Å²) < 4.78 is 39.8. The molecule has 1 fully saturated rings. The highest BCUT2D eigenvalue weighted by Crippen LogP contribution is 2.45. The fraction of sp³-hybridized carbons (Fsp3) is 0.241. The van der Waals surface area contributed by atoms with E-state index in [-0.39, 0.29) is 17.4 Å². The molecule has 224 valence electrons. The molecule has 0 saturated carbocycles. The SMILES string of the molecule is COc1ccc(N2C(=S)N[C@H](c3ccccn3)[C@H]2c2cc(C)n(-c3ccc([N+](=O)[O-])cc3OC)c2C)cc1NS(C)(=O)=O. The molecule has 4 aromatic rings. The molecule has 2 aromatic heterocycles. The van der Waals surface area contributed by atoms with E-state index in [0.717, 1.165) is 28.9 Å². The molecular weight excluding hydrogens is 592 g/mol. The molecule has 1 aliphatic rings. The summed E-state index contributed by atoms with van der Waals surface area (Å²) in [6, 6.07) is 16.6. The number of ether oxygens (including phenoxy) is 2. The number of aromatic nitrogens is 2. The Hall–Kier alpha value is -4.69. The fourth-order valence-electron chi connectivity index (χ4n) is 5.50. The number of benzene rings is 2. The van der Waals surface area contributed by atoms with Crippen LogP contribution in [0.5, 0.6) is 11.5 Å². The van der Waals surface area contributed by atoms with E-state index in [1.54, 1.807) is 24.4 Å². The highest BCUT2D eigenvalue weighted by Gasteiger charge is 2.42. The smallest absolute Gasteiger partial charge is 0.273 e. The van der Waals surface area contributed by atoms with E-state index in [2.05, 4.69) is 15.0 Å². The van der Waals surface area contributed by atoms with Crippen molar-refractivity contribution in [3.8, 4) is 17.2 Å². The number of aryl methyl sites for hydroxylation is 1. The minimum atomic E-state index is -3.60. The van der Waals surface area contributed by atoms with Crippen molar-refractivity contribution in [1.29, 1.82) is 0 Å². The second kappa shape index (κ2) is 11.5. The Morgan fingerprint density at radius 3 is 2.42 bits per heavy atom. The Morgan fingerprint density at radius 1 is 1.05 bits per heavy atom. The first-order valence-electron chi connectivity index (χ1n) is 13.1. The van der Waals surface area contributed by atoms with Crippen molar-refractivity contribution in [2.75, 3.05) is 30.1 Å². The van der Waals surface area contributed by atoms with Crippen LogP contribution in [0.25, 0.3) is 5.69 Å². The zero-order chi connectivity index (χ0) is 31.1. The molecule has 0 amide bonds. The summed E-state index contributed by atoms with van der Waals surface area (Å²) in [4.78, 5) is 17.5. The predicted molar refractivity (Wildman–Crippen MR) is 168 cm³/mol. The Morgan fingerprint density at radius 2 is 1.79 bits per heavy atom. The van der Waals surface area contributed by atoms with Crippen molar-refractivity contribution >= 4 is 44.4 Å². The van der Waals surface area contributed by atoms with Gasteiger partial charge in [-0.2, -0.15) is 0 Å². The fourth-order valence-corrected chi connectivity index (χ4v) is 6.40. The van der Waals surface area contributed by atoms with E-state index < -0.39 is 21.0 Å². The molecular formula is C29H30N6O6S2. The van der Waals surface area contributed by atoms with E-state index in [9.17, 15) is 18.5 Å². The van der Waals surface area contributed by atoms with Gasteiger partial charge in [0, 0.05) is 29.3 Å². The molecule has 0 bridgehead atoms. The number of nitrogens with one attached hydrogen (secondary N) is 2. The average Bonchev–Trinajstić information content (AvgIpc) is 3.46. The summed E-state index contributed by atoms with van der Waals surface area (Å²) in [6.45, 7) is 3.91. The number of thiocarbonyl (C=S) groups is 1. The standard InChI is InChI=1S/C29H30N6O6S2/c1-17-14-21(18(2)33(17)24-11-9-20(35(36)37)16-26(24)41-4)28-27(22-8-6-7-13-30-22)31-29(42)34(28)19-10-12-25(40-3)23(15-19)32-43(5,38)39/h6-16,27-28,32H,1-5H3,(H,31,42)/t27-,28-/m1/s1. The van der Waals surface area contributed by atoms with Crippen LogP contribution < -0.4 is 24.4 Å². The van der Waals surface area contributed by atoms with Crippen LogP contribution in [0.1, 0.15) is 34.7 Å². The summed E-state index contributed by atoms with van der Waals surface area (Å²) in [6.07, 6.45) is 2.79. The molecule has 1 aliphatic heterocycles. The predicted octanol–water partition coefficient (Wildman–Crippen LogP) is 4.96. The highest BCUT2D eigenvalue weighted by molar-refractivity contribution is 7.92. The lowest BCUT2D eigenvalue weighted by atomic mass is 9.96. The van der Waals surface area contributed by atoms with Crippen molar-refractivity contribution in [3.05, 3.63) is 99.6 Å². The summed E-state index contributed by atoms with van der Waals surface area (Å²) in [7, 11) is -0.664. The van der Waals surface area contributed by atoms with E-state index in [1.165, 1.54) is 26.4 Å². The minimum Gasteiger partial charge on any atom is -0.495 e. The van der Waals surface area contributed by atoms with Gasteiger partial charge in [0.1, 0.15) is 11.5 Å². The van der Waals surface area contributed by atoms with Crippen LogP contribution in [0.15, 0.2) is 66.9 Å². The second-order valence-corrected chi connectivity index (χ2v) is 12.2. The quantitative estimate of drug-likeness (QED) is 0.149. The number of hydrogen-bond acceptors (Lipinski definition) is 8. The molecule has 2 atom stereocenters. The average molecular weight is 623 g/mol. The van der Waals surface area contributed by atoms with Gasteiger partial charge in [-0.1, -0.05) is 6.07 Å². The van der Waals surface area contributed by atoms with Gasteiger partial charge in [0.15, 0.2) is 5.11 Å². The Kier molecular flexibility index (Phi) is 7.99. The first-order valence-corrected chi connectivity index (χ1v) is 15.4. The number of anilines is 2. The molecule has 2 aromatic carbocycles. The lowest BCUT2D eigenvalue weighted by Gasteiger charge is -2.29. The second-order valence-electron chi connectivity index (χ2n) is 10.0. The van der Waals surface area contributed by atoms with Gasteiger partial charge >= 0.3 is 0 Å². The van der Waals surface area contributed by atoms with E-state index in [1.807, 2.05) is 53.6 Å². The molecule has 43 heavy (non-hydrogen) atoms. The molecule has 5 rings (SSSR count). The molecule has 0 radical (unpaired) electrons. The van der Waals surface area contributed by atoms with Crippen LogP contribution in [0, 0.1) is 24.0 Å². The molecule has 12 nitrogen and oxygen atoms in total. The maximum atomic E-state index is 12.1. The molecule has 0 aliphatic carbocycles. The summed E-state index contributed by atoms with van der Waals surface area (Å²) in [5, 5.41) is 15.3. The van der Waals surface area contributed by atoms with Crippen LogP contribution in [-0.2, 0) is 10.0 Å². The summed E-state index contributed by atoms with van der Waals surface area (Å²) in [5.41, 5.74) is 4.87. The number of pyridine rings is 1. The van der Waals surface area contributed by atoms with E-state index in [4.69, 9.17) is 21.7 Å². The van der Waals surface area contributed by atoms with Crippen LogP contribution in [0.3, 0.4) is 0 Å². The number of sulfonamides is 1. The normalized spacial score (nSPS) is 16.6. The third-order valence-electron chi connectivity index (χ3n) is 7.26. The molecule has 1 saturated heterocycles. The topological polar surface area (TPSA) is 141 Å². The van der Waals surface area contributed by atoms with Gasteiger partial charge in [-0.05, 0) is 74.1 Å². The molecule has 0 unspecified atom stereocenters. The number of nitro benzene ring substituents is 1. The number of rotatable bonds is 9. The van der Waals surface area contributed by atoms with Gasteiger partial charge in [-0.15, -0.1) is 0 Å². The zero-order valence-electron chi connectivity index (χ0n) is 24.1. The Bertz CT molecular complexity index is 1830. The third-order valence-corrected chi connectivity index (χ3v) is 8.16. The van der Waals surface area contributed by atoms with E-state index in [0.29, 0.717) is 28.0 Å². The highest BCUT2D eigenvalue weighted by atomic mass is 32.2. The Balaban J connectivity index is 1.70. The van der Waals surface area contributed by atoms with Gasteiger partial charge in [0.25, 0.3) is 5.69 Å². The molecule has 3 heterocycles. The van der Waals surface area contributed by atoms with Gasteiger partial charge in [0.05, 0.1) is 60.6 Å². The van der Waals surface area contributed by atoms with Crippen molar-refractivity contribution < 1.29 is 22.8 Å². The first-order chi connectivity index (χ1) is 20.4. The lowest BCUT2D eigenvalue weighted by Crippen LogP contribution is -2.29. The van der Waals surface area contributed by atoms with Gasteiger partial charge in [-0.25, -0.2) is 8.42 Å². The minimum absolute atomic E-state index is 0.0759. The number of nitro groups is 1. The van der Waals surface area contributed by atoms with Crippen molar-refractivity contribution in [2.24, 2.45) is 0 Å². The lowest BCUT2D eigenvalue weighted by molar-refractivity contribution is -0.384. The molecule has 14 heteroatoms. The van der Waals surface area contributed by atoms with Crippen LogP contribution in [-0.4, -0.2) is 48.5 Å². The summed E-state index contributed by atoms with van der Waals surface area (Å²) in [5.74, 6) is 0.709. The monoisotopic (exact) mass is 622 g/mol. The molecule has 0 spiro atoms. The number of hydrogen-bond donors (Lipinski definition) is 2. The molecule has 2 N–H and O–H groups in total. The van der Waals surface area contributed by atoms with Gasteiger partial charge in [-0.3, -0.25) is 19.8 Å². The van der Waals surface area contributed by atoms with Crippen molar-refractivity contribution in [3.63, 3.8) is 0 Å². The maximum Gasteiger partial charge on any atom is 0.273 e. The van der Waals surface area contributed by atoms with Gasteiger partial charge < -0.3 is 24.3 Å². The van der Waals surface area contributed by atoms with Gasteiger partial charge in [0.2, 0.25) is 10.0 Å². The van der Waals surface area contributed by atoms with Crippen LogP contribution >= 0.6 is 12.2 Å². The van der Waals surface area contributed by atoms with Crippen molar-refractivity contribution in [1.82, 2.24) is 14.9 Å². The summed E-state index contributed by atoms with van der Waals surface area (Å²) >= 11 is 5.87. The number of nitrogens with zero attached hydrogens (tertiary/aromatic N) is 4. The zero-order valence-corrected chi connectivity index (χ0v) is 25.7. The Labute approximate surface area is 254 Å². The van der Waals surface area contributed by atoms with Crippen LogP contribution in [0.2, 0.25) is 0 Å². The number of methoxy groups -OCH3 is 2. The third kappa shape index (κ3) is 5.70. The van der Waals surface area contributed by atoms with E-state index >= 15 is 0 Å².